The lowest BCUT2D eigenvalue weighted by atomic mass is 9.87. The molecule has 0 bridgehead atoms. The summed E-state index contributed by atoms with van der Waals surface area (Å²) in [6.45, 7) is 4.61. The van der Waals surface area contributed by atoms with Crippen LogP contribution in [0, 0.1) is 0 Å². The molecule has 2 aromatic rings. The number of quaternary nitrogens is 1. The number of unbranched alkanes of at least 4 members (excludes halogenated alkanes) is 3. The molecule has 0 amide bonds. The molecule has 0 saturated carbocycles. The maximum Gasteiger partial charge on any atom is 0.310 e. The fraction of sp³-hybridized carbons (Fsp3) is 0.444. The zero-order valence-corrected chi connectivity index (χ0v) is 19.5. The molecule has 0 spiro atoms. The number of hydrogen-bond acceptors (Lipinski definition) is 2. The predicted molar refractivity (Wildman–Crippen MR) is 122 cm³/mol. The van der Waals surface area contributed by atoms with Crippen molar-refractivity contribution in [3.63, 3.8) is 0 Å². The van der Waals surface area contributed by atoms with Gasteiger partial charge in [-0.2, -0.15) is 0 Å². The second kappa shape index (κ2) is 10.5. The van der Waals surface area contributed by atoms with E-state index in [1.165, 1.54) is 40.7 Å². The van der Waals surface area contributed by atoms with E-state index in [-0.39, 0.29) is 18.4 Å². The van der Waals surface area contributed by atoms with Crippen LogP contribution in [0.4, 0.5) is 0 Å². The Kier molecular flexibility index (Phi) is 7.96. The van der Waals surface area contributed by atoms with Gasteiger partial charge < -0.3 is 17.1 Å². The van der Waals surface area contributed by atoms with Gasteiger partial charge in [-0.3, -0.25) is 9.28 Å². The fourth-order valence-corrected chi connectivity index (χ4v) is 5.04. The third-order valence-corrected chi connectivity index (χ3v) is 6.69. The van der Waals surface area contributed by atoms with Gasteiger partial charge in [0.05, 0.1) is 13.6 Å². The Morgan fingerprint density at radius 2 is 1.77 bits per heavy atom. The SMILES string of the molecule is CCCCCCC(=O)OC[N+]1(C)CCC2=C(C1)C(c1ccccc1)c1ccccc12.[Cl-]. The second-order valence-corrected chi connectivity index (χ2v) is 9.14. The average Bonchev–Trinajstić information content (AvgIpc) is 3.09. The van der Waals surface area contributed by atoms with E-state index in [9.17, 15) is 4.79 Å². The molecule has 4 rings (SSSR count). The highest BCUT2D eigenvalue weighted by molar-refractivity contribution is 5.80. The van der Waals surface area contributed by atoms with Gasteiger partial charge in [-0.05, 0) is 34.3 Å². The van der Waals surface area contributed by atoms with Crippen molar-refractivity contribution in [1.29, 1.82) is 0 Å². The molecule has 166 valence electrons. The van der Waals surface area contributed by atoms with Crippen molar-refractivity contribution in [2.75, 3.05) is 26.9 Å². The minimum absolute atomic E-state index is 0. The first-order chi connectivity index (χ1) is 14.6. The standard InChI is InChI=1S/C27H34NO2.ClH/c1-3-4-5-9-16-26(29)30-20-28(2)18-17-23-22-14-10-11-15-24(22)27(25(23)19-28)21-12-7-6-8-13-21;/h6-8,10-15,27H,3-5,9,16-20H2,1-2H3;1H/q+1;/p-1. The molecule has 31 heavy (non-hydrogen) atoms. The quantitative estimate of drug-likeness (QED) is 0.359. The van der Waals surface area contributed by atoms with Crippen LogP contribution in [0.15, 0.2) is 60.2 Å². The Labute approximate surface area is 193 Å². The number of carbonyl (C=O) groups excluding carboxylic acids is 1. The van der Waals surface area contributed by atoms with Gasteiger partial charge in [0.2, 0.25) is 6.73 Å². The molecule has 0 radical (unpaired) electrons. The molecule has 2 aromatic carbocycles. The van der Waals surface area contributed by atoms with E-state index in [1.807, 2.05) is 0 Å². The predicted octanol–water partition coefficient (Wildman–Crippen LogP) is 2.91. The lowest BCUT2D eigenvalue weighted by molar-refractivity contribution is -0.922. The molecule has 4 heteroatoms. The highest BCUT2D eigenvalue weighted by Gasteiger charge is 2.41. The lowest BCUT2D eigenvalue weighted by Gasteiger charge is -2.38. The molecule has 3 nitrogen and oxygen atoms in total. The van der Waals surface area contributed by atoms with Gasteiger partial charge in [0.15, 0.2) is 0 Å². The zero-order valence-electron chi connectivity index (χ0n) is 18.8. The minimum atomic E-state index is -0.0421. The van der Waals surface area contributed by atoms with Gasteiger partial charge >= 0.3 is 5.97 Å². The summed E-state index contributed by atoms with van der Waals surface area (Å²) < 4.78 is 6.52. The molecule has 2 atom stereocenters. The van der Waals surface area contributed by atoms with Crippen molar-refractivity contribution in [2.45, 2.75) is 51.4 Å². The first-order valence-corrected chi connectivity index (χ1v) is 11.5. The Balaban J connectivity index is 0.00000272. The summed E-state index contributed by atoms with van der Waals surface area (Å²) in [5.41, 5.74) is 7.22. The summed E-state index contributed by atoms with van der Waals surface area (Å²) in [5.74, 6) is 0.277. The number of benzene rings is 2. The van der Waals surface area contributed by atoms with Crippen LogP contribution in [0.2, 0.25) is 0 Å². The number of rotatable bonds is 8. The van der Waals surface area contributed by atoms with E-state index >= 15 is 0 Å². The lowest BCUT2D eigenvalue weighted by Crippen LogP contribution is -3.00. The van der Waals surface area contributed by atoms with Crippen LogP contribution in [0.3, 0.4) is 0 Å². The summed E-state index contributed by atoms with van der Waals surface area (Å²) in [6, 6.07) is 19.7. The average molecular weight is 440 g/mol. The molecule has 2 aliphatic rings. The first-order valence-electron chi connectivity index (χ1n) is 11.5. The van der Waals surface area contributed by atoms with Crippen molar-refractivity contribution in [3.05, 3.63) is 76.9 Å². The number of ether oxygens (including phenoxy) is 1. The van der Waals surface area contributed by atoms with Crippen LogP contribution < -0.4 is 12.4 Å². The minimum Gasteiger partial charge on any atom is -1.00 e. The largest absolute Gasteiger partial charge is 1.00 e. The van der Waals surface area contributed by atoms with Gasteiger partial charge in [-0.15, -0.1) is 0 Å². The monoisotopic (exact) mass is 439 g/mol. The van der Waals surface area contributed by atoms with E-state index in [0.29, 0.717) is 19.1 Å². The molecule has 0 aromatic heterocycles. The summed E-state index contributed by atoms with van der Waals surface area (Å²) in [7, 11) is 2.24. The molecular weight excluding hydrogens is 406 g/mol. The molecule has 0 N–H and O–H groups in total. The van der Waals surface area contributed by atoms with Crippen LogP contribution in [0.25, 0.3) is 5.57 Å². The number of hydrogen-bond donors (Lipinski definition) is 0. The van der Waals surface area contributed by atoms with E-state index in [2.05, 4.69) is 68.6 Å². The maximum atomic E-state index is 12.2. The summed E-state index contributed by atoms with van der Waals surface area (Å²) in [4.78, 5) is 12.2. The number of likely N-dealkylation sites (N-methyl/N-ethyl adjacent to an activating group) is 1. The van der Waals surface area contributed by atoms with E-state index in [0.717, 1.165) is 36.8 Å². The first kappa shape index (κ1) is 23.6. The molecular formula is C27H34ClNO2. The highest BCUT2D eigenvalue weighted by atomic mass is 35.5. The Hall–Kier alpha value is -2.10. The molecule has 0 saturated heterocycles. The Bertz CT molecular complexity index is 924. The molecule has 1 aliphatic heterocycles. The summed E-state index contributed by atoms with van der Waals surface area (Å²) in [6.07, 6.45) is 6.03. The number of nitrogens with zero attached hydrogens (tertiary/aromatic N) is 1. The van der Waals surface area contributed by atoms with Crippen LogP contribution >= 0.6 is 0 Å². The molecule has 1 heterocycles. The number of halogens is 1. The Morgan fingerprint density at radius 1 is 1.03 bits per heavy atom. The van der Waals surface area contributed by atoms with Crippen molar-refractivity contribution in [2.24, 2.45) is 0 Å². The van der Waals surface area contributed by atoms with E-state index < -0.39 is 0 Å². The highest BCUT2D eigenvalue weighted by Crippen LogP contribution is 2.49. The zero-order chi connectivity index (χ0) is 21.0. The topological polar surface area (TPSA) is 26.3 Å². The maximum absolute atomic E-state index is 12.2. The number of carbonyl (C=O) groups is 1. The van der Waals surface area contributed by atoms with Crippen LogP contribution in [-0.2, 0) is 9.53 Å². The van der Waals surface area contributed by atoms with E-state index in [1.54, 1.807) is 0 Å². The summed E-state index contributed by atoms with van der Waals surface area (Å²) in [5, 5.41) is 0. The Morgan fingerprint density at radius 3 is 2.55 bits per heavy atom. The van der Waals surface area contributed by atoms with Crippen LogP contribution in [0.5, 0.6) is 0 Å². The van der Waals surface area contributed by atoms with Gasteiger partial charge in [0, 0.05) is 18.8 Å². The molecule has 1 aliphatic carbocycles. The van der Waals surface area contributed by atoms with Gasteiger partial charge in [-0.1, -0.05) is 80.8 Å². The van der Waals surface area contributed by atoms with Crippen molar-refractivity contribution >= 4 is 11.5 Å². The van der Waals surface area contributed by atoms with Crippen LogP contribution in [-0.4, -0.2) is 37.3 Å². The number of esters is 1. The third-order valence-electron chi connectivity index (χ3n) is 6.69. The van der Waals surface area contributed by atoms with Crippen molar-refractivity contribution in [3.8, 4) is 0 Å². The second-order valence-electron chi connectivity index (χ2n) is 9.14. The van der Waals surface area contributed by atoms with Gasteiger partial charge in [0.25, 0.3) is 0 Å². The normalized spacial score (nSPS) is 21.8. The summed E-state index contributed by atoms with van der Waals surface area (Å²) >= 11 is 0. The molecule has 2 unspecified atom stereocenters. The van der Waals surface area contributed by atoms with E-state index in [4.69, 9.17) is 4.74 Å². The third kappa shape index (κ3) is 5.22. The van der Waals surface area contributed by atoms with Crippen LogP contribution in [0.1, 0.15) is 68.1 Å². The van der Waals surface area contributed by atoms with Crippen molar-refractivity contribution in [1.82, 2.24) is 0 Å². The number of fused-ring (bicyclic) bond motifs is 2. The van der Waals surface area contributed by atoms with Crippen molar-refractivity contribution < 1.29 is 26.4 Å². The fourth-order valence-electron chi connectivity index (χ4n) is 5.04. The van der Waals surface area contributed by atoms with Gasteiger partial charge in [0.1, 0.15) is 6.54 Å². The smallest absolute Gasteiger partial charge is 0.310 e. The molecule has 0 fully saturated rings. The van der Waals surface area contributed by atoms with Gasteiger partial charge in [-0.25, -0.2) is 0 Å².